The smallest absolute Gasteiger partial charge is 0.335 e. The van der Waals surface area contributed by atoms with Crippen LogP contribution in [0.3, 0.4) is 0 Å². The highest BCUT2D eigenvalue weighted by Gasteiger charge is 2.16. The van der Waals surface area contributed by atoms with Crippen LogP contribution in [0.4, 0.5) is 5.69 Å². The molecule has 2 aromatic carbocycles. The largest absolute Gasteiger partial charge is 0.496 e. The number of hydrogen-bond acceptors (Lipinski definition) is 4. The van der Waals surface area contributed by atoms with Crippen molar-refractivity contribution in [3.63, 3.8) is 0 Å². The summed E-state index contributed by atoms with van der Waals surface area (Å²) in [5, 5.41) is 8.92. The Kier molecular flexibility index (Phi) is 4.72. The maximum absolute atomic E-state index is 12.3. The van der Waals surface area contributed by atoms with E-state index in [1.165, 1.54) is 25.3 Å². The number of anilines is 1. The minimum atomic E-state index is -3.88. The summed E-state index contributed by atoms with van der Waals surface area (Å²) in [6.45, 7) is 0. The van der Waals surface area contributed by atoms with Gasteiger partial charge in [0, 0.05) is 0 Å². The second-order valence-corrected chi connectivity index (χ2v) is 6.82. The van der Waals surface area contributed by atoms with Gasteiger partial charge in [0.05, 0.1) is 27.7 Å². The van der Waals surface area contributed by atoms with Gasteiger partial charge in [0.2, 0.25) is 0 Å². The lowest BCUT2D eigenvalue weighted by Gasteiger charge is -2.10. The van der Waals surface area contributed by atoms with Crippen molar-refractivity contribution >= 4 is 37.6 Å². The maximum atomic E-state index is 12.3. The molecule has 0 amide bonds. The first kappa shape index (κ1) is 16.3. The fourth-order valence-corrected chi connectivity index (χ4v) is 3.38. The van der Waals surface area contributed by atoms with Crippen molar-refractivity contribution in [3.8, 4) is 5.75 Å². The number of aromatic carboxylic acids is 1. The van der Waals surface area contributed by atoms with E-state index < -0.39 is 16.0 Å². The Morgan fingerprint density at radius 3 is 2.55 bits per heavy atom. The molecule has 0 spiro atoms. The fraction of sp³-hybridized carbons (Fsp3) is 0.0714. The van der Waals surface area contributed by atoms with E-state index in [0.29, 0.717) is 15.9 Å². The first-order valence-corrected chi connectivity index (χ1v) is 8.31. The summed E-state index contributed by atoms with van der Waals surface area (Å²) >= 11 is 3.26. The van der Waals surface area contributed by atoms with Crippen LogP contribution in [-0.2, 0) is 10.0 Å². The molecule has 0 heterocycles. The highest BCUT2D eigenvalue weighted by atomic mass is 79.9. The van der Waals surface area contributed by atoms with Crippen molar-refractivity contribution in [1.29, 1.82) is 0 Å². The third-order valence-electron chi connectivity index (χ3n) is 2.80. The van der Waals surface area contributed by atoms with Crippen molar-refractivity contribution in [1.82, 2.24) is 0 Å². The first-order valence-electron chi connectivity index (χ1n) is 6.03. The molecule has 0 bridgehead atoms. The van der Waals surface area contributed by atoms with Crippen LogP contribution in [0.2, 0.25) is 0 Å². The molecule has 0 aliphatic heterocycles. The van der Waals surface area contributed by atoms with Gasteiger partial charge in [0.1, 0.15) is 5.75 Å². The number of carbonyl (C=O) groups is 1. The number of benzene rings is 2. The molecule has 0 saturated heterocycles. The van der Waals surface area contributed by atoms with Crippen molar-refractivity contribution < 1.29 is 23.1 Å². The third-order valence-corrected chi connectivity index (χ3v) is 4.79. The monoisotopic (exact) mass is 385 g/mol. The minimum Gasteiger partial charge on any atom is -0.496 e. The molecule has 2 N–H and O–H groups in total. The number of ether oxygens (including phenoxy) is 1. The molecule has 116 valence electrons. The SMILES string of the molecule is COc1ccc(NS(=O)(=O)c2cccc(C(=O)O)c2)cc1Br. The molecule has 0 aromatic heterocycles. The highest BCUT2D eigenvalue weighted by molar-refractivity contribution is 9.10. The molecular weight excluding hydrogens is 374 g/mol. The molecular formula is C14H12BrNO5S. The van der Waals surface area contributed by atoms with Crippen molar-refractivity contribution in [3.05, 3.63) is 52.5 Å². The second kappa shape index (κ2) is 6.37. The van der Waals surface area contributed by atoms with Gasteiger partial charge in [-0.2, -0.15) is 0 Å². The number of carboxylic acid groups (broad SMARTS) is 1. The summed E-state index contributed by atoms with van der Waals surface area (Å²) in [4.78, 5) is 10.8. The Morgan fingerprint density at radius 1 is 1.23 bits per heavy atom. The van der Waals surface area contributed by atoms with Crippen LogP contribution in [0.5, 0.6) is 5.75 Å². The summed E-state index contributed by atoms with van der Waals surface area (Å²) in [6, 6.07) is 9.83. The molecule has 0 radical (unpaired) electrons. The number of hydrogen-bond donors (Lipinski definition) is 2. The normalized spacial score (nSPS) is 11.0. The average molecular weight is 386 g/mol. The van der Waals surface area contributed by atoms with E-state index >= 15 is 0 Å². The van der Waals surface area contributed by atoms with Gasteiger partial charge >= 0.3 is 5.97 Å². The van der Waals surface area contributed by atoms with Crippen LogP contribution < -0.4 is 9.46 Å². The Morgan fingerprint density at radius 2 is 1.95 bits per heavy atom. The molecule has 2 rings (SSSR count). The van der Waals surface area contributed by atoms with Crippen LogP contribution >= 0.6 is 15.9 Å². The first-order chi connectivity index (χ1) is 10.3. The minimum absolute atomic E-state index is 0.0983. The lowest BCUT2D eigenvalue weighted by molar-refractivity contribution is 0.0696. The van der Waals surface area contributed by atoms with Crippen molar-refractivity contribution in [2.24, 2.45) is 0 Å². The van der Waals surface area contributed by atoms with E-state index in [9.17, 15) is 13.2 Å². The number of halogens is 1. The lowest BCUT2D eigenvalue weighted by atomic mass is 10.2. The zero-order valence-corrected chi connectivity index (χ0v) is 13.8. The predicted molar refractivity (Wildman–Crippen MR) is 84.9 cm³/mol. The lowest BCUT2D eigenvalue weighted by Crippen LogP contribution is -2.13. The van der Waals surface area contributed by atoms with Crippen molar-refractivity contribution in [2.45, 2.75) is 4.90 Å². The molecule has 2 aromatic rings. The summed E-state index contributed by atoms with van der Waals surface area (Å²) in [5.41, 5.74) is 0.229. The summed E-state index contributed by atoms with van der Waals surface area (Å²) in [5.74, 6) is -0.625. The number of nitrogens with one attached hydrogen (secondary N) is 1. The average Bonchev–Trinajstić information content (AvgIpc) is 2.47. The summed E-state index contributed by atoms with van der Waals surface area (Å²) in [7, 11) is -2.38. The third kappa shape index (κ3) is 3.58. The van der Waals surface area contributed by atoms with Crippen LogP contribution in [0.25, 0.3) is 0 Å². The van der Waals surface area contributed by atoms with Gasteiger partial charge in [-0.1, -0.05) is 6.07 Å². The Balaban J connectivity index is 2.33. The van der Waals surface area contributed by atoms with Gasteiger partial charge in [0.15, 0.2) is 0 Å². The molecule has 0 aliphatic carbocycles. The van der Waals surface area contributed by atoms with Crippen LogP contribution in [0, 0.1) is 0 Å². The number of methoxy groups -OCH3 is 1. The molecule has 8 heteroatoms. The number of rotatable bonds is 5. The van der Waals surface area contributed by atoms with Crippen molar-refractivity contribution in [2.75, 3.05) is 11.8 Å². The summed E-state index contributed by atoms with van der Waals surface area (Å²) in [6.07, 6.45) is 0. The molecule has 0 fully saturated rings. The van der Waals surface area contributed by atoms with Gasteiger partial charge < -0.3 is 9.84 Å². The van der Waals surface area contributed by atoms with Gasteiger partial charge in [-0.25, -0.2) is 13.2 Å². The quantitative estimate of drug-likeness (QED) is 0.824. The zero-order valence-electron chi connectivity index (χ0n) is 11.4. The van der Waals surface area contributed by atoms with Gasteiger partial charge in [-0.15, -0.1) is 0 Å². The zero-order chi connectivity index (χ0) is 16.3. The Labute approximate surface area is 135 Å². The molecule has 22 heavy (non-hydrogen) atoms. The number of carboxylic acids is 1. The van der Waals surface area contributed by atoms with Gasteiger partial charge in [-0.05, 0) is 52.3 Å². The molecule has 0 saturated carbocycles. The van der Waals surface area contributed by atoms with E-state index in [2.05, 4.69) is 20.7 Å². The highest BCUT2D eigenvalue weighted by Crippen LogP contribution is 2.28. The number of sulfonamides is 1. The second-order valence-electron chi connectivity index (χ2n) is 4.29. The topological polar surface area (TPSA) is 92.7 Å². The molecule has 6 nitrogen and oxygen atoms in total. The molecule has 0 aliphatic rings. The van der Waals surface area contributed by atoms with Gasteiger partial charge in [-0.3, -0.25) is 4.72 Å². The van der Waals surface area contributed by atoms with E-state index in [1.807, 2.05) is 0 Å². The Bertz CT molecular complexity index is 820. The van der Waals surface area contributed by atoms with E-state index in [-0.39, 0.29) is 10.5 Å². The van der Waals surface area contributed by atoms with E-state index in [4.69, 9.17) is 9.84 Å². The van der Waals surface area contributed by atoms with Crippen LogP contribution in [0.1, 0.15) is 10.4 Å². The van der Waals surface area contributed by atoms with Crippen LogP contribution in [-0.4, -0.2) is 26.6 Å². The standard InChI is InChI=1S/C14H12BrNO5S/c1-21-13-6-5-10(8-12(13)15)16-22(19,20)11-4-2-3-9(7-11)14(17)18/h2-8,16H,1H3,(H,17,18). The fourth-order valence-electron chi connectivity index (χ4n) is 1.74. The van der Waals surface area contributed by atoms with Crippen LogP contribution in [0.15, 0.2) is 51.8 Å². The van der Waals surface area contributed by atoms with E-state index in [1.54, 1.807) is 18.2 Å². The molecule has 0 unspecified atom stereocenters. The maximum Gasteiger partial charge on any atom is 0.335 e. The summed E-state index contributed by atoms with van der Waals surface area (Å²) < 4.78 is 32.6. The predicted octanol–water partition coefficient (Wildman–Crippen LogP) is 2.96. The Hall–Kier alpha value is -2.06. The van der Waals surface area contributed by atoms with Gasteiger partial charge in [0.25, 0.3) is 10.0 Å². The molecule has 0 atom stereocenters. The van der Waals surface area contributed by atoms with E-state index in [0.717, 1.165) is 6.07 Å².